The fourth-order valence-electron chi connectivity index (χ4n) is 2.54. The predicted octanol–water partition coefficient (Wildman–Crippen LogP) is 3.94. The van der Waals surface area contributed by atoms with Crippen molar-refractivity contribution in [1.82, 2.24) is 15.5 Å². The van der Waals surface area contributed by atoms with Crippen molar-refractivity contribution < 1.29 is 4.74 Å². The van der Waals surface area contributed by atoms with Crippen molar-refractivity contribution in [1.29, 1.82) is 0 Å². The van der Waals surface area contributed by atoms with Crippen molar-refractivity contribution in [3.8, 4) is 16.3 Å². The summed E-state index contributed by atoms with van der Waals surface area (Å²) in [5, 5.41) is 13.6. The summed E-state index contributed by atoms with van der Waals surface area (Å²) in [5.74, 6) is 0.664. The van der Waals surface area contributed by atoms with Crippen LogP contribution < -0.4 is 15.8 Å². The molecule has 2 aromatic rings. The summed E-state index contributed by atoms with van der Waals surface area (Å²) < 4.78 is 5.66. The van der Waals surface area contributed by atoms with Crippen molar-refractivity contribution in [2.45, 2.75) is 32.8 Å². The van der Waals surface area contributed by atoms with Crippen LogP contribution in [-0.4, -0.2) is 35.6 Å². The van der Waals surface area contributed by atoms with Gasteiger partial charge in [0.25, 0.3) is 0 Å². The molecule has 0 aliphatic carbocycles. The quantitative estimate of drug-likeness (QED) is 0.754. The van der Waals surface area contributed by atoms with E-state index in [2.05, 4.69) is 20.5 Å². The van der Waals surface area contributed by atoms with Gasteiger partial charge in [-0.3, -0.25) is 0 Å². The van der Waals surface area contributed by atoms with Gasteiger partial charge in [-0.2, -0.15) is 0 Å². The zero-order chi connectivity index (χ0) is 18.5. The number of nitrogens with two attached hydrogens (primary N) is 1. The third kappa shape index (κ3) is 4.81. The minimum Gasteiger partial charge on any atom is -0.489 e. The van der Waals surface area contributed by atoms with Crippen LogP contribution in [0, 0.1) is 0 Å². The van der Waals surface area contributed by atoms with Crippen LogP contribution in [0.1, 0.15) is 26.7 Å². The number of rotatable bonds is 5. The van der Waals surface area contributed by atoms with Crippen molar-refractivity contribution in [2.24, 2.45) is 10.7 Å². The summed E-state index contributed by atoms with van der Waals surface area (Å²) in [4.78, 5) is 4.44. The van der Waals surface area contributed by atoms with E-state index < -0.39 is 0 Å². The van der Waals surface area contributed by atoms with E-state index >= 15 is 0 Å². The highest BCUT2D eigenvalue weighted by Gasteiger charge is 2.11. The number of ether oxygens (including phenoxy) is 1. The summed E-state index contributed by atoms with van der Waals surface area (Å²) in [6.07, 6.45) is 3.58. The Morgan fingerprint density at radius 1 is 1.31 bits per heavy atom. The molecule has 0 saturated heterocycles. The standard InChI is InChI=1S/C18H22ClN5OS/c1-11(2)25-16-4-3-12(9-14(16)19)17-23-24-18(26-17)22-10-13-5-7-21-8-6-15(13)20/h3-4,9-11,21H,5-8,20H2,1-2H3. The van der Waals surface area contributed by atoms with Gasteiger partial charge in [0, 0.05) is 24.0 Å². The number of hydrogen-bond donors (Lipinski definition) is 2. The van der Waals surface area contributed by atoms with Gasteiger partial charge in [0.2, 0.25) is 5.13 Å². The van der Waals surface area contributed by atoms with E-state index in [1.165, 1.54) is 11.3 Å². The van der Waals surface area contributed by atoms with E-state index in [1.807, 2.05) is 32.0 Å². The van der Waals surface area contributed by atoms with Crippen LogP contribution >= 0.6 is 22.9 Å². The van der Waals surface area contributed by atoms with Crippen molar-refractivity contribution >= 4 is 34.3 Å². The molecule has 6 nitrogen and oxygen atoms in total. The van der Waals surface area contributed by atoms with Crippen molar-refractivity contribution in [3.05, 3.63) is 34.5 Å². The van der Waals surface area contributed by atoms with Gasteiger partial charge in [-0.1, -0.05) is 22.9 Å². The van der Waals surface area contributed by atoms with Gasteiger partial charge in [-0.25, -0.2) is 4.99 Å². The van der Waals surface area contributed by atoms with E-state index in [-0.39, 0.29) is 6.10 Å². The molecule has 3 rings (SSSR count). The number of aliphatic imine (C=N–C) groups is 1. The van der Waals surface area contributed by atoms with Gasteiger partial charge >= 0.3 is 0 Å². The SMILES string of the molecule is CC(C)Oc1ccc(-c2nnc(N=CC3=C(N)CCNCC3)s2)cc1Cl. The molecule has 1 aliphatic heterocycles. The molecule has 0 bridgehead atoms. The lowest BCUT2D eigenvalue weighted by Gasteiger charge is -2.11. The lowest BCUT2D eigenvalue weighted by atomic mass is 10.1. The van der Waals surface area contributed by atoms with Crippen LogP contribution in [0.5, 0.6) is 5.75 Å². The first-order valence-electron chi connectivity index (χ1n) is 8.55. The summed E-state index contributed by atoms with van der Waals surface area (Å²) in [6.45, 7) is 5.74. The van der Waals surface area contributed by atoms with Crippen LogP contribution in [0.4, 0.5) is 5.13 Å². The Morgan fingerprint density at radius 2 is 2.12 bits per heavy atom. The van der Waals surface area contributed by atoms with Gasteiger partial charge in [0.05, 0.1) is 11.1 Å². The normalized spacial score (nSPS) is 15.7. The largest absolute Gasteiger partial charge is 0.489 e. The Labute approximate surface area is 162 Å². The number of halogens is 1. The molecule has 2 heterocycles. The molecule has 0 fully saturated rings. The molecule has 26 heavy (non-hydrogen) atoms. The second kappa shape index (κ2) is 8.62. The van der Waals surface area contributed by atoms with Crippen LogP contribution in [0.2, 0.25) is 5.02 Å². The van der Waals surface area contributed by atoms with Gasteiger partial charge in [0.1, 0.15) is 10.8 Å². The molecule has 0 saturated carbocycles. The van der Waals surface area contributed by atoms with E-state index in [9.17, 15) is 0 Å². The molecule has 138 valence electrons. The molecule has 8 heteroatoms. The maximum Gasteiger partial charge on any atom is 0.231 e. The fraction of sp³-hybridized carbons (Fsp3) is 0.389. The average molecular weight is 392 g/mol. The predicted molar refractivity (Wildman–Crippen MR) is 108 cm³/mol. The summed E-state index contributed by atoms with van der Waals surface area (Å²) in [6, 6.07) is 5.62. The van der Waals surface area contributed by atoms with Gasteiger partial charge in [-0.05, 0) is 57.0 Å². The third-order valence-electron chi connectivity index (χ3n) is 3.84. The van der Waals surface area contributed by atoms with Crippen molar-refractivity contribution in [2.75, 3.05) is 13.1 Å². The molecule has 0 amide bonds. The molecule has 0 spiro atoms. The van der Waals surface area contributed by atoms with Crippen LogP contribution in [0.3, 0.4) is 0 Å². The first kappa shape index (κ1) is 18.8. The molecule has 1 aromatic heterocycles. The smallest absolute Gasteiger partial charge is 0.231 e. The Bertz CT molecular complexity index is 831. The molecular formula is C18H22ClN5OS. The Kier molecular flexibility index (Phi) is 6.24. The van der Waals surface area contributed by atoms with Crippen molar-refractivity contribution in [3.63, 3.8) is 0 Å². The molecule has 1 aliphatic rings. The van der Waals surface area contributed by atoms with Crippen LogP contribution in [-0.2, 0) is 0 Å². The maximum absolute atomic E-state index is 6.30. The topological polar surface area (TPSA) is 85.4 Å². The lowest BCUT2D eigenvalue weighted by Crippen LogP contribution is -2.14. The molecule has 0 unspecified atom stereocenters. The van der Waals surface area contributed by atoms with Gasteiger partial charge in [-0.15, -0.1) is 10.2 Å². The highest BCUT2D eigenvalue weighted by atomic mass is 35.5. The van der Waals surface area contributed by atoms with E-state index in [1.54, 1.807) is 6.21 Å². The first-order chi connectivity index (χ1) is 12.5. The van der Waals surface area contributed by atoms with Gasteiger partial charge in [0.15, 0.2) is 0 Å². The monoisotopic (exact) mass is 391 g/mol. The van der Waals surface area contributed by atoms with E-state index in [0.29, 0.717) is 15.9 Å². The highest BCUT2D eigenvalue weighted by Crippen LogP contribution is 2.34. The second-order valence-corrected chi connectivity index (χ2v) is 7.62. The molecule has 3 N–H and O–H groups in total. The summed E-state index contributed by atoms with van der Waals surface area (Å²) in [7, 11) is 0. The minimum atomic E-state index is 0.0711. The highest BCUT2D eigenvalue weighted by molar-refractivity contribution is 7.18. The Hall–Kier alpha value is -1.96. The molecule has 0 atom stereocenters. The van der Waals surface area contributed by atoms with E-state index in [0.717, 1.165) is 47.8 Å². The zero-order valence-electron chi connectivity index (χ0n) is 14.8. The van der Waals surface area contributed by atoms with Gasteiger partial charge < -0.3 is 15.8 Å². The Morgan fingerprint density at radius 3 is 2.88 bits per heavy atom. The average Bonchev–Trinajstić information content (AvgIpc) is 2.98. The third-order valence-corrected chi connectivity index (χ3v) is 5.02. The van der Waals surface area contributed by atoms with Crippen LogP contribution in [0.25, 0.3) is 10.6 Å². The zero-order valence-corrected chi connectivity index (χ0v) is 16.4. The number of hydrogen-bond acceptors (Lipinski definition) is 7. The number of nitrogens with one attached hydrogen (secondary N) is 1. The molecule has 0 radical (unpaired) electrons. The van der Waals surface area contributed by atoms with Crippen LogP contribution in [0.15, 0.2) is 34.5 Å². The second-order valence-electron chi connectivity index (χ2n) is 6.26. The summed E-state index contributed by atoms with van der Waals surface area (Å²) in [5.41, 5.74) is 8.93. The minimum absolute atomic E-state index is 0.0711. The molecule has 1 aromatic carbocycles. The molecular weight excluding hydrogens is 370 g/mol. The lowest BCUT2D eigenvalue weighted by molar-refractivity contribution is 0.242. The first-order valence-corrected chi connectivity index (χ1v) is 9.74. The Balaban J connectivity index is 1.75. The number of aromatic nitrogens is 2. The maximum atomic E-state index is 6.30. The fourth-order valence-corrected chi connectivity index (χ4v) is 3.45. The van der Waals surface area contributed by atoms with E-state index in [4.69, 9.17) is 22.1 Å². The number of benzene rings is 1. The summed E-state index contributed by atoms with van der Waals surface area (Å²) >= 11 is 7.71. The number of nitrogens with zero attached hydrogens (tertiary/aromatic N) is 3.